The zero-order valence-electron chi connectivity index (χ0n) is 8.50. The maximum Gasteiger partial charge on any atom is 0.341 e. The number of carboxylic acids is 1. The highest BCUT2D eigenvalue weighted by Crippen LogP contribution is 2.13. The lowest BCUT2D eigenvalue weighted by Gasteiger charge is -2.04. The second-order valence-corrected chi connectivity index (χ2v) is 4.16. The van der Waals surface area contributed by atoms with Crippen molar-refractivity contribution in [3.8, 4) is 5.69 Å². The van der Waals surface area contributed by atoms with E-state index in [-0.39, 0.29) is 5.56 Å². The number of rotatable bonds is 2. The van der Waals surface area contributed by atoms with Gasteiger partial charge in [-0.2, -0.15) is 9.78 Å². The molecule has 2 aromatic rings. The van der Waals surface area contributed by atoms with Crippen molar-refractivity contribution >= 4 is 21.9 Å². The molecule has 1 N–H and O–H groups in total. The molecule has 0 amide bonds. The summed E-state index contributed by atoms with van der Waals surface area (Å²) < 4.78 is 1.83. The fourth-order valence-electron chi connectivity index (χ4n) is 1.37. The van der Waals surface area contributed by atoms with Gasteiger partial charge < -0.3 is 5.11 Å². The topological polar surface area (TPSA) is 72.2 Å². The molecule has 1 aromatic heterocycles. The van der Waals surface area contributed by atoms with Crippen LogP contribution in [0.1, 0.15) is 10.4 Å². The monoisotopic (exact) mass is 294 g/mol. The largest absolute Gasteiger partial charge is 0.477 e. The molecule has 0 aliphatic heterocycles. The van der Waals surface area contributed by atoms with E-state index in [9.17, 15) is 9.59 Å². The summed E-state index contributed by atoms with van der Waals surface area (Å²) in [6.45, 7) is 0. The second-order valence-electron chi connectivity index (χ2n) is 3.25. The lowest BCUT2D eigenvalue weighted by atomic mass is 10.3. The Morgan fingerprint density at radius 2 is 2.12 bits per heavy atom. The maximum absolute atomic E-state index is 11.8. The molecule has 1 heterocycles. The summed E-state index contributed by atoms with van der Waals surface area (Å²) in [5.41, 5.74) is -0.453. The van der Waals surface area contributed by atoms with Crippen LogP contribution in [0, 0.1) is 0 Å². The first-order chi connectivity index (χ1) is 8.09. The molecule has 0 atom stereocenters. The first-order valence-electron chi connectivity index (χ1n) is 4.67. The van der Waals surface area contributed by atoms with Gasteiger partial charge in [-0.3, -0.25) is 4.79 Å². The van der Waals surface area contributed by atoms with Gasteiger partial charge in [-0.05, 0) is 24.3 Å². The van der Waals surface area contributed by atoms with E-state index in [2.05, 4.69) is 21.0 Å². The number of aromatic nitrogens is 2. The predicted molar refractivity (Wildman–Crippen MR) is 64.5 cm³/mol. The Morgan fingerprint density at radius 3 is 2.76 bits per heavy atom. The third kappa shape index (κ3) is 2.26. The highest BCUT2D eigenvalue weighted by Gasteiger charge is 2.11. The van der Waals surface area contributed by atoms with Gasteiger partial charge in [-0.1, -0.05) is 22.0 Å². The van der Waals surface area contributed by atoms with Crippen LogP contribution in [-0.2, 0) is 0 Å². The van der Waals surface area contributed by atoms with Crippen LogP contribution in [0.2, 0.25) is 0 Å². The van der Waals surface area contributed by atoms with Crippen LogP contribution in [0.15, 0.2) is 45.8 Å². The summed E-state index contributed by atoms with van der Waals surface area (Å²) in [7, 11) is 0. The lowest BCUT2D eigenvalue weighted by molar-refractivity contribution is 0.0694. The van der Waals surface area contributed by atoms with Gasteiger partial charge in [0, 0.05) is 10.7 Å². The summed E-state index contributed by atoms with van der Waals surface area (Å²) >= 11 is 3.27. The molecule has 2 rings (SSSR count). The van der Waals surface area contributed by atoms with Gasteiger partial charge >= 0.3 is 5.97 Å². The van der Waals surface area contributed by atoms with Crippen molar-refractivity contribution in [3.05, 3.63) is 56.9 Å². The zero-order chi connectivity index (χ0) is 12.4. The van der Waals surface area contributed by atoms with Gasteiger partial charge in [0.1, 0.15) is 5.56 Å². The average molecular weight is 295 g/mol. The number of hydrogen-bond acceptors (Lipinski definition) is 3. The van der Waals surface area contributed by atoms with E-state index in [1.807, 2.05) is 0 Å². The first kappa shape index (κ1) is 11.5. The molecule has 17 heavy (non-hydrogen) atoms. The van der Waals surface area contributed by atoms with Crippen LogP contribution in [0.3, 0.4) is 0 Å². The van der Waals surface area contributed by atoms with Crippen LogP contribution in [0.5, 0.6) is 0 Å². The molecule has 5 nitrogen and oxygen atoms in total. The van der Waals surface area contributed by atoms with E-state index in [1.165, 1.54) is 12.3 Å². The summed E-state index contributed by atoms with van der Waals surface area (Å²) in [5.74, 6) is -1.26. The molecule has 0 saturated carbocycles. The van der Waals surface area contributed by atoms with Gasteiger partial charge in [0.2, 0.25) is 0 Å². The van der Waals surface area contributed by atoms with Crippen LogP contribution in [0.25, 0.3) is 5.69 Å². The number of nitrogens with zero attached hydrogens (tertiary/aromatic N) is 2. The van der Waals surface area contributed by atoms with E-state index in [4.69, 9.17) is 5.11 Å². The van der Waals surface area contributed by atoms with Gasteiger partial charge in [0.25, 0.3) is 5.56 Å². The Balaban J connectivity index is 2.65. The molecule has 86 valence electrons. The van der Waals surface area contributed by atoms with Crippen molar-refractivity contribution in [2.75, 3.05) is 0 Å². The minimum atomic E-state index is -1.26. The summed E-state index contributed by atoms with van der Waals surface area (Å²) in [6.07, 6.45) is 1.28. The number of aromatic carboxylic acids is 1. The van der Waals surface area contributed by atoms with Gasteiger partial charge in [-0.15, -0.1) is 0 Å². The van der Waals surface area contributed by atoms with E-state index in [1.54, 1.807) is 24.3 Å². The molecule has 0 saturated heterocycles. The summed E-state index contributed by atoms with van der Waals surface area (Å²) in [4.78, 5) is 22.6. The Bertz CT molecular complexity index is 637. The average Bonchev–Trinajstić information content (AvgIpc) is 2.29. The fourth-order valence-corrected chi connectivity index (χ4v) is 1.75. The second kappa shape index (κ2) is 4.50. The van der Waals surface area contributed by atoms with Gasteiger partial charge in [-0.25, -0.2) is 4.79 Å². The van der Waals surface area contributed by atoms with E-state index >= 15 is 0 Å². The van der Waals surface area contributed by atoms with Crippen molar-refractivity contribution in [2.45, 2.75) is 0 Å². The molecule has 0 bridgehead atoms. The minimum absolute atomic E-state index is 0.306. The highest BCUT2D eigenvalue weighted by molar-refractivity contribution is 9.10. The van der Waals surface area contributed by atoms with Crippen molar-refractivity contribution in [2.24, 2.45) is 0 Å². The third-order valence-electron chi connectivity index (χ3n) is 2.13. The van der Waals surface area contributed by atoms with Crippen molar-refractivity contribution in [1.29, 1.82) is 0 Å². The van der Waals surface area contributed by atoms with E-state index in [0.29, 0.717) is 5.69 Å². The summed E-state index contributed by atoms with van der Waals surface area (Å²) in [6, 6.07) is 8.07. The third-order valence-corrected chi connectivity index (χ3v) is 2.62. The van der Waals surface area contributed by atoms with Crippen LogP contribution in [-0.4, -0.2) is 20.9 Å². The fraction of sp³-hybridized carbons (Fsp3) is 0. The molecule has 0 aliphatic carbocycles. The van der Waals surface area contributed by atoms with Crippen LogP contribution in [0.4, 0.5) is 0 Å². The number of hydrogen-bond donors (Lipinski definition) is 1. The molecule has 0 unspecified atom stereocenters. The molecule has 1 aromatic carbocycles. The zero-order valence-corrected chi connectivity index (χ0v) is 10.1. The Labute approximate surface area is 104 Å². The maximum atomic E-state index is 11.8. The number of halogens is 1. The molecule has 6 heteroatoms. The van der Waals surface area contributed by atoms with Crippen molar-refractivity contribution in [3.63, 3.8) is 0 Å². The van der Waals surface area contributed by atoms with Crippen LogP contribution < -0.4 is 5.56 Å². The van der Waals surface area contributed by atoms with E-state index < -0.39 is 11.5 Å². The Hall–Kier alpha value is -1.95. The molecule has 0 fully saturated rings. The Morgan fingerprint density at radius 1 is 1.35 bits per heavy atom. The van der Waals surface area contributed by atoms with E-state index in [0.717, 1.165) is 9.15 Å². The molecule has 0 aliphatic rings. The Kier molecular flexibility index (Phi) is 3.06. The quantitative estimate of drug-likeness (QED) is 0.915. The number of benzene rings is 1. The molecular formula is C11H7BrN2O3. The number of carbonyl (C=O) groups is 1. The van der Waals surface area contributed by atoms with Crippen LogP contribution >= 0.6 is 15.9 Å². The molecular weight excluding hydrogens is 288 g/mol. The predicted octanol–water partition coefficient (Wildman–Crippen LogP) is 1.69. The standard InChI is InChI=1S/C11H7BrN2O3/c12-7-2-1-3-8(6-7)14-10(15)9(11(16)17)4-5-13-14/h1-6H,(H,16,17). The minimum Gasteiger partial charge on any atom is -0.477 e. The smallest absolute Gasteiger partial charge is 0.341 e. The molecule has 0 radical (unpaired) electrons. The van der Waals surface area contributed by atoms with Crippen molar-refractivity contribution < 1.29 is 9.90 Å². The first-order valence-corrected chi connectivity index (χ1v) is 5.46. The lowest BCUT2D eigenvalue weighted by Crippen LogP contribution is -2.26. The van der Waals surface area contributed by atoms with Gasteiger partial charge in [0.15, 0.2) is 0 Å². The molecule has 0 spiro atoms. The van der Waals surface area contributed by atoms with Gasteiger partial charge in [0.05, 0.1) is 5.69 Å². The summed E-state index contributed by atoms with van der Waals surface area (Å²) in [5, 5.41) is 12.7. The number of carboxylic acid groups (broad SMARTS) is 1. The van der Waals surface area contributed by atoms with Crippen molar-refractivity contribution in [1.82, 2.24) is 9.78 Å². The SMILES string of the molecule is O=C(O)c1ccnn(-c2cccc(Br)c2)c1=O. The normalized spacial score (nSPS) is 10.2. The highest BCUT2D eigenvalue weighted by atomic mass is 79.9.